The number of hydrogen-bond acceptors (Lipinski definition) is 5. The highest BCUT2D eigenvalue weighted by molar-refractivity contribution is 5.93. The minimum atomic E-state index is -0.194. The maximum atomic E-state index is 12.8. The molecule has 0 unspecified atom stereocenters. The number of carbonyl (C=O) groups is 2. The fourth-order valence-electron chi connectivity index (χ4n) is 3.93. The number of carbonyl (C=O) groups excluding carboxylic acids is 2. The summed E-state index contributed by atoms with van der Waals surface area (Å²) in [6.07, 6.45) is 3.78. The van der Waals surface area contributed by atoms with E-state index in [0.29, 0.717) is 18.1 Å². The Balaban J connectivity index is 1.40. The molecule has 1 N–H and O–H groups in total. The monoisotopic (exact) mass is 383 g/mol. The van der Waals surface area contributed by atoms with Gasteiger partial charge in [0.2, 0.25) is 5.91 Å². The lowest BCUT2D eigenvalue weighted by molar-refractivity contribution is -0.121. The summed E-state index contributed by atoms with van der Waals surface area (Å²) in [4.78, 5) is 29.2. The highest BCUT2D eigenvalue weighted by Gasteiger charge is 2.31. The third kappa shape index (κ3) is 3.83. The van der Waals surface area contributed by atoms with Crippen molar-refractivity contribution < 1.29 is 9.59 Å². The lowest BCUT2D eigenvalue weighted by atomic mass is 9.97. The number of benzene rings is 1. The summed E-state index contributed by atoms with van der Waals surface area (Å²) in [5.74, 6) is 0.392. The summed E-state index contributed by atoms with van der Waals surface area (Å²) in [6.45, 7) is 2.87. The average Bonchev–Trinajstić information content (AvgIpc) is 3.39. The van der Waals surface area contributed by atoms with Gasteiger partial charge in [-0.1, -0.05) is 12.1 Å². The van der Waals surface area contributed by atoms with Crippen LogP contribution < -0.4 is 5.32 Å². The van der Waals surface area contributed by atoms with Crippen LogP contribution in [0.3, 0.4) is 0 Å². The number of aryl methyl sites for hydroxylation is 1. The van der Waals surface area contributed by atoms with Gasteiger partial charge in [-0.3, -0.25) is 4.79 Å². The molecule has 3 amide bonds. The number of nitrogens with zero attached hydrogens (tertiary/aromatic N) is 6. The van der Waals surface area contributed by atoms with Gasteiger partial charge in [-0.15, -0.1) is 5.10 Å². The Hall–Kier alpha value is -2.97. The van der Waals surface area contributed by atoms with Crippen molar-refractivity contribution in [3.63, 3.8) is 0 Å². The van der Waals surface area contributed by atoms with E-state index >= 15 is 0 Å². The molecule has 2 aromatic rings. The van der Waals surface area contributed by atoms with Crippen molar-refractivity contribution in [2.24, 2.45) is 13.0 Å². The number of nitrogens with one attached hydrogen (secondary N) is 1. The van der Waals surface area contributed by atoms with Gasteiger partial charge in [-0.25, -0.2) is 9.48 Å². The summed E-state index contributed by atoms with van der Waals surface area (Å²) in [7, 11) is 1.77. The number of hydrogen-bond donors (Lipinski definition) is 1. The lowest BCUT2D eigenvalue weighted by Gasteiger charge is -2.34. The maximum absolute atomic E-state index is 12.8. The molecule has 0 radical (unpaired) electrons. The van der Waals surface area contributed by atoms with Gasteiger partial charge in [0.05, 0.1) is 5.92 Å². The molecule has 28 heavy (non-hydrogen) atoms. The highest BCUT2D eigenvalue weighted by atomic mass is 16.2. The van der Waals surface area contributed by atoms with Crippen molar-refractivity contribution in [1.82, 2.24) is 30.0 Å². The minimum absolute atomic E-state index is 0.0489. The number of tetrazole rings is 1. The fourth-order valence-corrected chi connectivity index (χ4v) is 3.93. The molecule has 0 saturated carbocycles. The molecule has 2 saturated heterocycles. The third-order valence-electron chi connectivity index (χ3n) is 5.45. The highest BCUT2D eigenvalue weighted by Crippen LogP contribution is 2.23. The zero-order valence-corrected chi connectivity index (χ0v) is 16.0. The molecule has 1 aromatic heterocycles. The largest absolute Gasteiger partial charge is 0.326 e. The van der Waals surface area contributed by atoms with Gasteiger partial charge in [-0.05, 0) is 48.2 Å². The van der Waals surface area contributed by atoms with Gasteiger partial charge in [0, 0.05) is 44.5 Å². The van der Waals surface area contributed by atoms with Gasteiger partial charge in [-0.2, -0.15) is 0 Å². The number of piperidine rings is 1. The lowest BCUT2D eigenvalue weighted by Crippen LogP contribution is -2.48. The molecule has 2 fully saturated rings. The molecule has 1 aromatic carbocycles. The zero-order chi connectivity index (χ0) is 19.5. The van der Waals surface area contributed by atoms with Gasteiger partial charge < -0.3 is 15.1 Å². The summed E-state index contributed by atoms with van der Waals surface area (Å²) in [5, 5.41) is 14.5. The summed E-state index contributed by atoms with van der Waals surface area (Å²) in [6, 6.07) is 7.55. The zero-order valence-electron chi connectivity index (χ0n) is 16.0. The first-order valence-corrected chi connectivity index (χ1v) is 9.79. The van der Waals surface area contributed by atoms with Gasteiger partial charge >= 0.3 is 6.03 Å². The van der Waals surface area contributed by atoms with Gasteiger partial charge in [0.1, 0.15) is 0 Å². The predicted octanol–water partition coefficient (Wildman–Crippen LogP) is 1.74. The van der Waals surface area contributed by atoms with E-state index in [1.165, 1.54) is 0 Å². The Kier molecular flexibility index (Phi) is 5.23. The molecule has 148 valence electrons. The van der Waals surface area contributed by atoms with Crippen LogP contribution in [0.25, 0.3) is 11.4 Å². The second kappa shape index (κ2) is 7.95. The number of rotatable bonds is 3. The number of likely N-dealkylation sites (tertiary alicyclic amines) is 2. The molecule has 0 aliphatic carbocycles. The van der Waals surface area contributed by atoms with E-state index in [4.69, 9.17) is 0 Å². The van der Waals surface area contributed by atoms with Crippen molar-refractivity contribution in [1.29, 1.82) is 0 Å². The number of aromatic nitrogens is 4. The van der Waals surface area contributed by atoms with E-state index in [9.17, 15) is 9.59 Å². The van der Waals surface area contributed by atoms with E-state index in [2.05, 4.69) is 20.8 Å². The molecule has 2 aliphatic rings. The first-order valence-electron chi connectivity index (χ1n) is 9.79. The topological polar surface area (TPSA) is 96.2 Å². The van der Waals surface area contributed by atoms with Crippen LogP contribution in [-0.4, -0.2) is 68.1 Å². The Morgan fingerprint density at radius 2 is 1.89 bits per heavy atom. The molecule has 9 heteroatoms. The molecule has 3 heterocycles. The molecule has 0 bridgehead atoms. The van der Waals surface area contributed by atoms with Crippen LogP contribution >= 0.6 is 0 Å². The van der Waals surface area contributed by atoms with Crippen molar-refractivity contribution in [2.45, 2.75) is 25.7 Å². The van der Waals surface area contributed by atoms with Crippen LogP contribution in [0.15, 0.2) is 24.3 Å². The minimum Gasteiger partial charge on any atom is -0.326 e. The fraction of sp³-hybridized carbons (Fsp3) is 0.526. The van der Waals surface area contributed by atoms with Crippen LogP contribution in [0.4, 0.5) is 10.5 Å². The normalized spacial score (nSPS) is 19.7. The number of amides is 3. The molecule has 9 nitrogen and oxygen atoms in total. The quantitative estimate of drug-likeness (QED) is 0.871. The molecule has 4 rings (SSSR count). The Bertz CT molecular complexity index is 859. The standard InChI is InChI=1S/C19H25N7O2/c1-24-17(21-22-23-24)14-6-4-8-16(12-14)20-18(27)15-7-5-11-26(13-15)19(28)25-9-2-3-10-25/h4,6,8,12,15H,2-3,5,7,9-11,13H2,1H3,(H,20,27)/t15-/m0/s1. The molecule has 2 aliphatic heterocycles. The molecular weight excluding hydrogens is 358 g/mol. The van der Waals surface area contributed by atoms with Gasteiger partial charge in [0.25, 0.3) is 0 Å². The number of urea groups is 1. The van der Waals surface area contributed by atoms with Crippen LogP contribution in [-0.2, 0) is 11.8 Å². The first kappa shape index (κ1) is 18.4. The smallest absolute Gasteiger partial charge is 0.320 e. The first-order chi connectivity index (χ1) is 13.6. The summed E-state index contributed by atoms with van der Waals surface area (Å²) < 4.78 is 1.59. The molecule has 1 atom stereocenters. The second-order valence-electron chi connectivity index (χ2n) is 7.46. The van der Waals surface area contributed by atoms with E-state index < -0.39 is 0 Å². The Labute approximate surface area is 163 Å². The Morgan fingerprint density at radius 1 is 1.11 bits per heavy atom. The summed E-state index contributed by atoms with van der Waals surface area (Å²) >= 11 is 0. The van der Waals surface area contributed by atoms with Crippen LogP contribution in [0.5, 0.6) is 0 Å². The predicted molar refractivity (Wildman–Crippen MR) is 103 cm³/mol. The average molecular weight is 383 g/mol. The number of anilines is 1. The van der Waals surface area contributed by atoms with Crippen molar-refractivity contribution in [2.75, 3.05) is 31.5 Å². The van der Waals surface area contributed by atoms with E-state index in [-0.39, 0.29) is 17.9 Å². The van der Waals surface area contributed by atoms with Crippen molar-refractivity contribution in [3.05, 3.63) is 24.3 Å². The van der Waals surface area contributed by atoms with Crippen LogP contribution in [0.1, 0.15) is 25.7 Å². The molecule has 0 spiro atoms. The SMILES string of the molecule is Cn1nnnc1-c1cccc(NC(=O)[C@H]2CCCN(C(=O)N3CCCC3)C2)c1. The van der Waals surface area contributed by atoms with Crippen LogP contribution in [0, 0.1) is 5.92 Å². The Morgan fingerprint density at radius 3 is 2.64 bits per heavy atom. The molecular formula is C19H25N7O2. The summed E-state index contributed by atoms with van der Waals surface area (Å²) in [5.41, 5.74) is 1.54. The second-order valence-corrected chi connectivity index (χ2v) is 7.46. The van der Waals surface area contributed by atoms with E-state index in [0.717, 1.165) is 50.9 Å². The maximum Gasteiger partial charge on any atom is 0.320 e. The van der Waals surface area contributed by atoms with Gasteiger partial charge in [0.15, 0.2) is 5.82 Å². The van der Waals surface area contributed by atoms with Crippen molar-refractivity contribution >= 4 is 17.6 Å². The third-order valence-corrected chi connectivity index (χ3v) is 5.45. The van der Waals surface area contributed by atoms with E-state index in [1.807, 2.05) is 34.1 Å². The van der Waals surface area contributed by atoms with Crippen molar-refractivity contribution in [3.8, 4) is 11.4 Å². The van der Waals surface area contributed by atoms with Crippen LogP contribution in [0.2, 0.25) is 0 Å². The van der Waals surface area contributed by atoms with E-state index in [1.54, 1.807) is 11.7 Å².